The highest BCUT2D eigenvalue weighted by Crippen LogP contribution is 2.38. The van der Waals surface area contributed by atoms with E-state index in [9.17, 15) is 17.9 Å². The Labute approximate surface area is 155 Å². The molecule has 2 aromatic rings. The maximum atomic E-state index is 13.5. The highest BCUT2D eigenvalue weighted by atomic mass is 35.5. The summed E-state index contributed by atoms with van der Waals surface area (Å²) in [4.78, 5) is 4.02. The monoisotopic (exact) mass is 395 g/mol. The fraction of sp³-hybridized carbons (Fsp3) is 0.294. The molecular formula is C17H15ClFN3O3S. The molecule has 0 saturated heterocycles. The summed E-state index contributed by atoms with van der Waals surface area (Å²) in [5.74, 6) is -1.27. The lowest BCUT2D eigenvalue weighted by Crippen LogP contribution is -2.41. The van der Waals surface area contributed by atoms with Crippen molar-refractivity contribution in [2.45, 2.75) is 34.8 Å². The van der Waals surface area contributed by atoms with Crippen molar-refractivity contribution in [1.29, 1.82) is 5.26 Å². The number of nitrogens with one attached hydrogen (secondary N) is 1. The SMILES string of the molecule is N#Cc1nc(C2C[C@@H](NS(=O)(=O)c3ccccc3)[C@@H](O)C2Cl)ccc1F. The highest BCUT2D eigenvalue weighted by molar-refractivity contribution is 7.89. The van der Waals surface area contributed by atoms with Crippen molar-refractivity contribution >= 4 is 21.6 Å². The van der Waals surface area contributed by atoms with E-state index in [2.05, 4.69) is 9.71 Å². The maximum absolute atomic E-state index is 13.5. The van der Waals surface area contributed by atoms with E-state index < -0.39 is 39.3 Å². The number of aromatic nitrogens is 1. The Balaban J connectivity index is 1.83. The molecule has 1 aromatic heterocycles. The van der Waals surface area contributed by atoms with Gasteiger partial charge in [0.1, 0.15) is 6.07 Å². The van der Waals surface area contributed by atoms with Crippen LogP contribution in [-0.2, 0) is 10.0 Å². The van der Waals surface area contributed by atoms with Crippen LogP contribution in [0.2, 0.25) is 0 Å². The molecule has 6 nitrogen and oxygen atoms in total. The summed E-state index contributed by atoms with van der Waals surface area (Å²) in [5.41, 5.74) is -0.0300. The van der Waals surface area contributed by atoms with E-state index in [1.54, 1.807) is 24.3 Å². The molecule has 2 N–H and O–H groups in total. The third-order valence-corrected chi connectivity index (χ3v) is 6.41. The van der Waals surface area contributed by atoms with E-state index in [1.807, 2.05) is 0 Å². The number of alkyl halides is 1. The van der Waals surface area contributed by atoms with Gasteiger partial charge in [-0.15, -0.1) is 11.6 Å². The van der Waals surface area contributed by atoms with Crippen LogP contribution >= 0.6 is 11.6 Å². The Hall–Kier alpha value is -2.05. The molecule has 26 heavy (non-hydrogen) atoms. The zero-order valence-corrected chi connectivity index (χ0v) is 15.0. The predicted molar refractivity (Wildman–Crippen MR) is 92.5 cm³/mol. The largest absolute Gasteiger partial charge is 0.390 e. The smallest absolute Gasteiger partial charge is 0.240 e. The molecule has 1 saturated carbocycles. The normalized spacial score (nSPS) is 25.8. The van der Waals surface area contributed by atoms with Crippen molar-refractivity contribution in [1.82, 2.24) is 9.71 Å². The topological polar surface area (TPSA) is 103 Å². The first-order valence-corrected chi connectivity index (χ1v) is 9.71. The molecular weight excluding hydrogens is 381 g/mol. The van der Waals surface area contributed by atoms with E-state index in [0.29, 0.717) is 5.69 Å². The zero-order chi connectivity index (χ0) is 18.9. The number of halogens is 2. The number of benzene rings is 1. The van der Waals surface area contributed by atoms with Gasteiger partial charge in [-0.05, 0) is 30.7 Å². The van der Waals surface area contributed by atoms with Gasteiger partial charge in [-0.3, -0.25) is 0 Å². The molecule has 0 spiro atoms. The van der Waals surface area contributed by atoms with E-state index >= 15 is 0 Å². The lowest BCUT2D eigenvalue weighted by molar-refractivity contribution is 0.160. The molecule has 2 unspecified atom stereocenters. The second-order valence-electron chi connectivity index (χ2n) is 6.00. The third kappa shape index (κ3) is 3.57. The van der Waals surface area contributed by atoms with Crippen molar-refractivity contribution in [2.24, 2.45) is 0 Å². The van der Waals surface area contributed by atoms with Crippen LogP contribution in [0.4, 0.5) is 4.39 Å². The van der Waals surface area contributed by atoms with Crippen LogP contribution in [-0.4, -0.2) is 36.0 Å². The second kappa shape index (κ2) is 7.29. The average molecular weight is 396 g/mol. The summed E-state index contributed by atoms with van der Waals surface area (Å²) < 4.78 is 40.8. The molecule has 4 atom stereocenters. The number of nitriles is 1. The van der Waals surface area contributed by atoms with Crippen LogP contribution in [0.3, 0.4) is 0 Å². The number of nitrogens with zero attached hydrogens (tertiary/aromatic N) is 2. The molecule has 136 valence electrons. The molecule has 0 aliphatic heterocycles. The number of rotatable bonds is 4. The Kier molecular flexibility index (Phi) is 5.25. The van der Waals surface area contributed by atoms with Crippen LogP contribution < -0.4 is 4.72 Å². The van der Waals surface area contributed by atoms with Gasteiger partial charge >= 0.3 is 0 Å². The molecule has 1 fully saturated rings. The van der Waals surface area contributed by atoms with Gasteiger partial charge in [0.05, 0.1) is 22.4 Å². The van der Waals surface area contributed by atoms with Crippen LogP contribution in [0.5, 0.6) is 0 Å². The molecule has 0 radical (unpaired) electrons. The molecule has 0 bridgehead atoms. The maximum Gasteiger partial charge on any atom is 0.240 e. The number of aliphatic hydroxyl groups excluding tert-OH is 1. The van der Waals surface area contributed by atoms with Gasteiger partial charge in [0.25, 0.3) is 0 Å². The van der Waals surface area contributed by atoms with Crippen LogP contribution in [0.1, 0.15) is 23.7 Å². The number of aliphatic hydroxyl groups is 1. The first-order valence-electron chi connectivity index (χ1n) is 7.79. The van der Waals surface area contributed by atoms with Crippen molar-refractivity contribution in [2.75, 3.05) is 0 Å². The van der Waals surface area contributed by atoms with E-state index in [0.717, 1.165) is 6.07 Å². The highest BCUT2D eigenvalue weighted by Gasteiger charge is 2.44. The Morgan fingerprint density at radius 1 is 1.27 bits per heavy atom. The third-order valence-electron chi connectivity index (χ3n) is 4.34. The predicted octanol–water partition coefficient (Wildman–Crippen LogP) is 1.90. The standard InChI is InChI=1S/C17H15ClFN3O3S/c18-16-11(13-7-6-12(19)15(9-20)21-13)8-14(17(16)23)22-26(24,25)10-4-2-1-3-5-10/h1-7,11,14,16-17,22-23H,8H2/t11?,14-,16?,17-/m1/s1. The summed E-state index contributed by atoms with van der Waals surface area (Å²) in [5, 5.41) is 18.4. The van der Waals surface area contributed by atoms with Gasteiger partial charge in [0.15, 0.2) is 11.5 Å². The van der Waals surface area contributed by atoms with Crippen LogP contribution in [0, 0.1) is 17.1 Å². The Morgan fingerprint density at radius 2 is 1.96 bits per heavy atom. The summed E-state index contributed by atoms with van der Waals surface area (Å²) in [6.45, 7) is 0. The van der Waals surface area contributed by atoms with Crippen molar-refractivity contribution in [3.05, 3.63) is 59.7 Å². The van der Waals surface area contributed by atoms with Gasteiger partial charge < -0.3 is 5.11 Å². The fourth-order valence-corrected chi connectivity index (χ4v) is 4.71. The lowest BCUT2D eigenvalue weighted by Gasteiger charge is -2.17. The number of hydrogen-bond acceptors (Lipinski definition) is 5. The minimum absolute atomic E-state index is 0.0773. The van der Waals surface area contributed by atoms with Gasteiger partial charge in [-0.25, -0.2) is 22.5 Å². The van der Waals surface area contributed by atoms with Crippen molar-refractivity contribution in [3.8, 4) is 6.07 Å². The van der Waals surface area contributed by atoms with Crippen molar-refractivity contribution < 1.29 is 17.9 Å². The summed E-state index contributed by atoms with van der Waals surface area (Å²) in [7, 11) is -3.83. The number of hydrogen-bond donors (Lipinski definition) is 2. The lowest BCUT2D eigenvalue weighted by atomic mass is 10.0. The van der Waals surface area contributed by atoms with Gasteiger partial charge in [0.2, 0.25) is 10.0 Å². The summed E-state index contributed by atoms with van der Waals surface area (Å²) in [6, 6.07) is 11.1. The van der Waals surface area contributed by atoms with Gasteiger partial charge in [-0.2, -0.15) is 5.26 Å². The fourth-order valence-electron chi connectivity index (χ4n) is 3.01. The molecule has 1 aliphatic rings. The number of sulfonamides is 1. The molecule has 1 aromatic carbocycles. The van der Waals surface area contributed by atoms with E-state index in [-0.39, 0.29) is 17.0 Å². The second-order valence-corrected chi connectivity index (χ2v) is 8.21. The van der Waals surface area contributed by atoms with Crippen molar-refractivity contribution in [3.63, 3.8) is 0 Å². The first kappa shape index (κ1) is 18.7. The first-order chi connectivity index (χ1) is 12.3. The van der Waals surface area contributed by atoms with E-state index in [1.165, 1.54) is 18.2 Å². The molecule has 1 aliphatic carbocycles. The summed E-state index contributed by atoms with van der Waals surface area (Å²) in [6.07, 6.45) is -0.984. The van der Waals surface area contributed by atoms with Gasteiger partial charge in [0, 0.05) is 11.6 Å². The average Bonchev–Trinajstić information content (AvgIpc) is 2.91. The van der Waals surface area contributed by atoms with Gasteiger partial charge in [-0.1, -0.05) is 18.2 Å². The molecule has 0 amide bonds. The molecule has 1 heterocycles. The molecule has 3 rings (SSSR count). The zero-order valence-electron chi connectivity index (χ0n) is 13.4. The molecule has 9 heteroatoms. The Morgan fingerprint density at radius 3 is 2.62 bits per heavy atom. The Bertz CT molecular complexity index is 949. The minimum Gasteiger partial charge on any atom is -0.390 e. The van der Waals surface area contributed by atoms with E-state index in [4.69, 9.17) is 16.9 Å². The summed E-state index contributed by atoms with van der Waals surface area (Å²) >= 11 is 6.27. The number of pyridine rings is 1. The van der Waals surface area contributed by atoms with Crippen LogP contribution in [0.25, 0.3) is 0 Å². The minimum atomic E-state index is -3.83. The quantitative estimate of drug-likeness (QED) is 0.769. The van der Waals surface area contributed by atoms with Crippen LogP contribution in [0.15, 0.2) is 47.4 Å².